The van der Waals surface area contributed by atoms with E-state index in [1.807, 2.05) is 19.1 Å². The number of rotatable bonds is 2. The van der Waals surface area contributed by atoms with Crippen molar-refractivity contribution in [1.29, 1.82) is 5.26 Å². The van der Waals surface area contributed by atoms with Gasteiger partial charge < -0.3 is 5.32 Å². The Morgan fingerprint density at radius 2 is 2.12 bits per heavy atom. The quantitative estimate of drug-likeness (QED) is 0.857. The number of anilines is 2. The second-order valence-corrected chi connectivity index (χ2v) is 3.65. The zero-order valence-corrected chi connectivity index (χ0v) is 9.24. The van der Waals surface area contributed by atoms with Gasteiger partial charge in [0.05, 0.1) is 17.6 Å². The number of hydrogen-bond donors (Lipinski definition) is 1. The Balaban J connectivity index is 2.23. The molecule has 0 spiro atoms. The van der Waals surface area contributed by atoms with Crippen LogP contribution in [0.25, 0.3) is 0 Å². The van der Waals surface area contributed by atoms with Gasteiger partial charge in [-0.1, -0.05) is 6.07 Å². The molecule has 1 aromatic carbocycles. The fraction of sp³-hybridized carbons (Fsp3) is 0.0769. The van der Waals surface area contributed by atoms with Crippen molar-refractivity contribution < 1.29 is 4.39 Å². The molecule has 0 amide bonds. The van der Waals surface area contributed by atoms with Gasteiger partial charge in [0.1, 0.15) is 17.6 Å². The monoisotopic (exact) mass is 227 g/mol. The van der Waals surface area contributed by atoms with Crippen LogP contribution in [0.15, 0.2) is 36.5 Å². The lowest BCUT2D eigenvalue weighted by Crippen LogP contribution is -1.95. The number of hydrogen-bond acceptors (Lipinski definition) is 3. The largest absolute Gasteiger partial charge is 0.352 e. The first kappa shape index (κ1) is 11.1. The lowest BCUT2D eigenvalue weighted by atomic mass is 10.2. The number of benzene rings is 1. The summed E-state index contributed by atoms with van der Waals surface area (Å²) >= 11 is 0. The van der Waals surface area contributed by atoms with Crippen LogP contribution in [0, 0.1) is 24.1 Å². The highest BCUT2D eigenvalue weighted by molar-refractivity contribution is 5.59. The Morgan fingerprint density at radius 1 is 1.29 bits per heavy atom. The minimum atomic E-state index is -0.311. The molecular formula is C13H10FN3. The van der Waals surface area contributed by atoms with E-state index in [2.05, 4.69) is 10.3 Å². The standard InChI is InChI=1S/C13H10FN3/c1-9-2-5-13(12(14)6-9)17-11-4-3-10(7-15)16-8-11/h2-6,8,17H,1H3. The first-order valence-corrected chi connectivity index (χ1v) is 5.08. The van der Waals surface area contributed by atoms with Crippen LogP contribution in [0.4, 0.5) is 15.8 Å². The molecule has 0 bridgehead atoms. The van der Waals surface area contributed by atoms with Crippen LogP contribution in [-0.2, 0) is 0 Å². The molecule has 3 nitrogen and oxygen atoms in total. The summed E-state index contributed by atoms with van der Waals surface area (Å²) in [5, 5.41) is 11.5. The Bertz CT molecular complexity index is 570. The van der Waals surface area contributed by atoms with Gasteiger partial charge in [-0.3, -0.25) is 0 Å². The number of aryl methyl sites for hydroxylation is 1. The van der Waals surface area contributed by atoms with Crippen molar-refractivity contribution in [3.63, 3.8) is 0 Å². The topological polar surface area (TPSA) is 48.7 Å². The first-order chi connectivity index (χ1) is 8.19. The van der Waals surface area contributed by atoms with Gasteiger partial charge >= 0.3 is 0 Å². The summed E-state index contributed by atoms with van der Waals surface area (Å²) in [4.78, 5) is 3.89. The van der Waals surface area contributed by atoms with Gasteiger partial charge in [0.25, 0.3) is 0 Å². The average molecular weight is 227 g/mol. The number of nitriles is 1. The van der Waals surface area contributed by atoms with Crippen molar-refractivity contribution in [3.8, 4) is 6.07 Å². The third-order valence-electron chi connectivity index (χ3n) is 2.28. The van der Waals surface area contributed by atoms with Gasteiger partial charge in [-0.05, 0) is 36.8 Å². The molecule has 2 rings (SSSR count). The zero-order chi connectivity index (χ0) is 12.3. The lowest BCUT2D eigenvalue weighted by Gasteiger charge is -2.07. The lowest BCUT2D eigenvalue weighted by molar-refractivity contribution is 0.630. The number of halogens is 1. The summed E-state index contributed by atoms with van der Waals surface area (Å²) in [6, 6.07) is 10.1. The Kier molecular flexibility index (Phi) is 3.01. The molecule has 2 aromatic rings. The summed E-state index contributed by atoms with van der Waals surface area (Å²) in [7, 11) is 0. The first-order valence-electron chi connectivity index (χ1n) is 5.08. The summed E-state index contributed by atoms with van der Waals surface area (Å²) in [6.45, 7) is 1.83. The van der Waals surface area contributed by atoms with Crippen LogP contribution in [0.3, 0.4) is 0 Å². The molecule has 0 radical (unpaired) electrons. The highest BCUT2D eigenvalue weighted by Crippen LogP contribution is 2.20. The SMILES string of the molecule is Cc1ccc(Nc2ccc(C#N)nc2)c(F)c1. The van der Waals surface area contributed by atoms with Gasteiger partial charge in [-0.15, -0.1) is 0 Å². The molecule has 1 N–H and O–H groups in total. The van der Waals surface area contributed by atoms with Crippen LogP contribution in [0.2, 0.25) is 0 Å². The highest BCUT2D eigenvalue weighted by Gasteiger charge is 2.02. The molecule has 0 saturated carbocycles. The normalized spacial score (nSPS) is 9.71. The van der Waals surface area contributed by atoms with E-state index < -0.39 is 0 Å². The molecule has 0 aliphatic rings. The van der Waals surface area contributed by atoms with Crippen molar-refractivity contribution in [3.05, 3.63) is 53.6 Å². The molecule has 17 heavy (non-hydrogen) atoms. The van der Waals surface area contributed by atoms with Crippen molar-refractivity contribution >= 4 is 11.4 Å². The van der Waals surface area contributed by atoms with Crippen LogP contribution in [0.1, 0.15) is 11.3 Å². The number of nitrogens with one attached hydrogen (secondary N) is 1. The summed E-state index contributed by atoms with van der Waals surface area (Å²) in [5.41, 5.74) is 2.24. The molecule has 84 valence electrons. The maximum absolute atomic E-state index is 13.5. The van der Waals surface area contributed by atoms with Gasteiger partial charge in [-0.25, -0.2) is 9.37 Å². The highest BCUT2D eigenvalue weighted by atomic mass is 19.1. The van der Waals surface area contributed by atoms with Gasteiger partial charge in [0.2, 0.25) is 0 Å². The Hall–Kier alpha value is -2.41. The summed E-state index contributed by atoms with van der Waals surface area (Å²) in [6.07, 6.45) is 1.50. The molecule has 1 aromatic heterocycles. The van der Waals surface area contributed by atoms with E-state index >= 15 is 0 Å². The van der Waals surface area contributed by atoms with E-state index in [-0.39, 0.29) is 5.82 Å². The number of pyridine rings is 1. The van der Waals surface area contributed by atoms with E-state index in [1.165, 1.54) is 12.3 Å². The van der Waals surface area contributed by atoms with Crippen LogP contribution in [-0.4, -0.2) is 4.98 Å². The zero-order valence-electron chi connectivity index (χ0n) is 9.24. The minimum absolute atomic E-state index is 0.311. The number of nitrogens with zero attached hydrogens (tertiary/aromatic N) is 2. The van der Waals surface area contributed by atoms with Crippen molar-refractivity contribution in [1.82, 2.24) is 4.98 Å². The fourth-order valence-corrected chi connectivity index (χ4v) is 1.41. The van der Waals surface area contributed by atoms with Crippen molar-refractivity contribution in [2.24, 2.45) is 0 Å². The molecule has 0 saturated heterocycles. The maximum atomic E-state index is 13.5. The molecule has 4 heteroatoms. The number of aromatic nitrogens is 1. The smallest absolute Gasteiger partial charge is 0.146 e. The minimum Gasteiger partial charge on any atom is -0.352 e. The predicted octanol–water partition coefficient (Wildman–Crippen LogP) is 3.14. The molecule has 1 heterocycles. The third kappa shape index (κ3) is 2.58. The second kappa shape index (κ2) is 4.62. The molecule has 0 unspecified atom stereocenters. The molecule has 0 fully saturated rings. The van der Waals surface area contributed by atoms with Crippen molar-refractivity contribution in [2.45, 2.75) is 6.92 Å². The van der Waals surface area contributed by atoms with E-state index in [0.717, 1.165) is 5.56 Å². The second-order valence-electron chi connectivity index (χ2n) is 3.65. The van der Waals surface area contributed by atoms with Crippen molar-refractivity contribution in [2.75, 3.05) is 5.32 Å². The van der Waals surface area contributed by atoms with Gasteiger partial charge in [0.15, 0.2) is 0 Å². The summed E-state index contributed by atoms with van der Waals surface area (Å²) in [5.74, 6) is -0.311. The van der Waals surface area contributed by atoms with E-state index in [0.29, 0.717) is 17.1 Å². The Morgan fingerprint density at radius 3 is 2.71 bits per heavy atom. The van der Waals surface area contributed by atoms with Crippen LogP contribution >= 0.6 is 0 Å². The maximum Gasteiger partial charge on any atom is 0.146 e. The van der Waals surface area contributed by atoms with E-state index in [4.69, 9.17) is 5.26 Å². The average Bonchev–Trinajstić information content (AvgIpc) is 2.34. The van der Waals surface area contributed by atoms with Crippen LogP contribution < -0.4 is 5.32 Å². The van der Waals surface area contributed by atoms with Crippen LogP contribution in [0.5, 0.6) is 0 Å². The van der Waals surface area contributed by atoms with Gasteiger partial charge in [-0.2, -0.15) is 5.26 Å². The summed E-state index contributed by atoms with van der Waals surface area (Å²) < 4.78 is 13.5. The van der Waals surface area contributed by atoms with Gasteiger partial charge in [0, 0.05) is 0 Å². The molecule has 0 aliphatic carbocycles. The molecule has 0 atom stereocenters. The Labute approximate surface area is 98.5 Å². The van der Waals surface area contributed by atoms with E-state index in [9.17, 15) is 4.39 Å². The van der Waals surface area contributed by atoms with E-state index in [1.54, 1.807) is 18.2 Å². The molecular weight excluding hydrogens is 217 g/mol. The third-order valence-corrected chi connectivity index (χ3v) is 2.28. The fourth-order valence-electron chi connectivity index (χ4n) is 1.41. The predicted molar refractivity (Wildman–Crippen MR) is 63.4 cm³/mol. The molecule has 0 aliphatic heterocycles.